The van der Waals surface area contributed by atoms with Crippen molar-refractivity contribution < 1.29 is 4.79 Å². The molecule has 0 amide bonds. The van der Waals surface area contributed by atoms with Crippen molar-refractivity contribution in [3.05, 3.63) is 48.3 Å². The number of aromatic nitrogens is 3. The summed E-state index contributed by atoms with van der Waals surface area (Å²) in [6.45, 7) is 2.81. The van der Waals surface area contributed by atoms with Gasteiger partial charge in [-0.2, -0.15) is 0 Å². The van der Waals surface area contributed by atoms with Gasteiger partial charge in [0.05, 0.1) is 17.0 Å². The summed E-state index contributed by atoms with van der Waals surface area (Å²) in [6.07, 6.45) is 1.74. The highest BCUT2D eigenvalue weighted by molar-refractivity contribution is 7.99. The fourth-order valence-corrected chi connectivity index (χ4v) is 2.87. The van der Waals surface area contributed by atoms with Crippen LogP contribution >= 0.6 is 11.8 Å². The maximum absolute atomic E-state index is 12.0. The summed E-state index contributed by atoms with van der Waals surface area (Å²) in [5, 5.41) is 4.85. The molecule has 112 valence electrons. The molecule has 0 aliphatic rings. The molecular formula is C16H16N4OS. The molecule has 0 fully saturated rings. The summed E-state index contributed by atoms with van der Waals surface area (Å²) in [5.41, 5.74) is 1.49. The molecule has 0 aliphatic carbocycles. The fraction of sp³-hybridized carbons (Fsp3) is 0.188. The van der Waals surface area contributed by atoms with Gasteiger partial charge in [-0.05, 0) is 31.2 Å². The molecule has 0 saturated heterocycles. The first kappa shape index (κ1) is 14.6. The Morgan fingerprint density at radius 2 is 2.09 bits per heavy atom. The Bertz CT molecular complexity index is 786. The van der Waals surface area contributed by atoms with Gasteiger partial charge in [0.1, 0.15) is 5.82 Å². The van der Waals surface area contributed by atoms with E-state index in [-0.39, 0.29) is 5.78 Å². The van der Waals surface area contributed by atoms with E-state index in [2.05, 4.69) is 20.3 Å². The number of ketones is 1. The number of aromatic amines is 1. The van der Waals surface area contributed by atoms with Crippen LogP contribution in [0.2, 0.25) is 0 Å². The van der Waals surface area contributed by atoms with Crippen LogP contribution in [0.3, 0.4) is 0 Å². The Morgan fingerprint density at radius 3 is 2.86 bits per heavy atom. The Hall–Kier alpha value is -2.34. The van der Waals surface area contributed by atoms with Gasteiger partial charge in [0.2, 0.25) is 0 Å². The molecule has 0 aliphatic heterocycles. The lowest BCUT2D eigenvalue weighted by atomic mass is 10.2. The molecule has 2 N–H and O–H groups in total. The highest BCUT2D eigenvalue weighted by Gasteiger charge is 2.11. The van der Waals surface area contributed by atoms with Crippen molar-refractivity contribution in [2.75, 3.05) is 17.6 Å². The number of Topliss-reactive ketones (excluding diaryl/α,β-unsaturated/α-hetero) is 1. The van der Waals surface area contributed by atoms with Gasteiger partial charge in [-0.1, -0.05) is 23.9 Å². The van der Waals surface area contributed by atoms with Crippen molar-refractivity contribution in [2.24, 2.45) is 0 Å². The van der Waals surface area contributed by atoms with Crippen LogP contribution in [0.15, 0.2) is 47.8 Å². The number of nitrogens with zero attached hydrogens (tertiary/aromatic N) is 2. The van der Waals surface area contributed by atoms with Gasteiger partial charge in [-0.15, -0.1) is 0 Å². The second-order valence-corrected chi connectivity index (χ2v) is 5.64. The van der Waals surface area contributed by atoms with Crippen LogP contribution in [0.5, 0.6) is 0 Å². The van der Waals surface area contributed by atoms with Gasteiger partial charge in [-0.25, -0.2) is 9.97 Å². The lowest BCUT2D eigenvalue weighted by Crippen LogP contribution is -2.05. The number of H-pyrrole nitrogens is 1. The number of nitrogens with one attached hydrogen (secondary N) is 2. The molecular weight excluding hydrogens is 296 g/mol. The van der Waals surface area contributed by atoms with E-state index in [0.717, 1.165) is 23.3 Å². The molecule has 2 aromatic heterocycles. The standard InChI is InChI=1S/C16H16N4OS/c1-2-17-15-11-6-3-4-7-12(11)19-16(20-15)22-10-14(21)13-8-5-9-18-13/h3-9,18H,2,10H2,1H3,(H,17,19,20). The molecule has 0 unspecified atom stereocenters. The number of benzene rings is 1. The summed E-state index contributed by atoms with van der Waals surface area (Å²) in [7, 11) is 0. The number of fused-ring (bicyclic) bond motifs is 1. The number of thioether (sulfide) groups is 1. The lowest BCUT2D eigenvalue weighted by Gasteiger charge is -2.08. The monoisotopic (exact) mass is 312 g/mol. The molecule has 6 heteroatoms. The van der Waals surface area contributed by atoms with E-state index in [4.69, 9.17) is 0 Å². The first-order valence-electron chi connectivity index (χ1n) is 7.08. The minimum atomic E-state index is 0.0387. The average Bonchev–Trinajstić information content (AvgIpc) is 3.07. The predicted octanol–water partition coefficient (Wildman–Crippen LogP) is 3.36. The summed E-state index contributed by atoms with van der Waals surface area (Å²) in [4.78, 5) is 24.0. The second-order valence-electron chi connectivity index (χ2n) is 4.70. The molecule has 1 aromatic carbocycles. The minimum Gasteiger partial charge on any atom is -0.370 e. The highest BCUT2D eigenvalue weighted by Crippen LogP contribution is 2.24. The zero-order chi connectivity index (χ0) is 15.4. The number of hydrogen-bond acceptors (Lipinski definition) is 5. The van der Waals surface area contributed by atoms with Gasteiger partial charge in [0.25, 0.3) is 0 Å². The van der Waals surface area contributed by atoms with Gasteiger partial charge in [-0.3, -0.25) is 4.79 Å². The Labute approximate surface area is 132 Å². The van der Waals surface area contributed by atoms with Gasteiger partial charge < -0.3 is 10.3 Å². The molecule has 0 saturated carbocycles. The summed E-state index contributed by atoms with van der Waals surface area (Å²) in [5.74, 6) is 1.16. The van der Waals surface area contributed by atoms with Crippen molar-refractivity contribution >= 4 is 34.3 Å². The molecule has 22 heavy (non-hydrogen) atoms. The van der Waals surface area contributed by atoms with Crippen molar-refractivity contribution in [1.29, 1.82) is 0 Å². The van der Waals surface area contributed by atoms with E-state index >= 15 is 0 Å². The van der Waals surface area contributed by atoms with E-state index in [1.807, 2.05) is 37.3 Å². The quantitative estimate of drug-likeness (QED) is 0.415. The average molecular weight is 312 g/mol. The topological polar surface area (TPSA) is 70.7 Å². The number of carbonyl (C=O) groups excluding carboxylic acids is 1. The van der Waals surface area contributed by atoms with E-state index in [1.54, 1.807) is 12.3 Å². The molecule has 5 nitrogen and oxygen atoms in total. The van der Waals surface area contributed by atoms with Gasteiger partial charge in [0, 0.05) is 18.1 Å². The zero-order valence-corrected chi connectivity index (χ0v) is 13.0. The maximum atomic E-state index is 12.0. The summed E-state index contributed by atoms with van der Waals surface area (Å²) < 4.78 is 0. The first-order valence-corrected chi connectivity index (χ1v) is 8.06. The molecule has 2 heterocycles. The highest BCUT2D eigenvalue weighted by atomic mass is 32.2. The maximum Gasteiger partial charge on any atom is 0.190 e. The molecule has 0 bridgehead atoms. The van der Waals surface area contributed by atoms with Crippen LogP contribution in [0, 0.1) is 0 Å². The normalized spacial score (nSPS) is 10.8. The van der Waals surface area contributed by atoms with Crippen LogP contribution in [-0.4, -0.2) is 33.0 Å². The van der Waals surface area contributed by atoms with Crippen LogP contribution in [0.4, 0.5) is 5.82 Å². The van der Waals surface area contributed by atoms with E-state index in [1.165, 1.54) is 11.8 Å². The SMILES string of the molecule is CCNc1nc(SCC(=O)c2ccc[nH]2)nc2ccccc12. The number of hydrogen-bond donors (Lipinski definition) is 2. The minimum absolute atomic E-state index is 0.0387. The Kier molecular flexibility index (Phi) is 4.39. The smallest absolute Gasteiger partial charge is 0.190 e. The fourth-order valence-electron chi connectivity index (χ4n) is 2.13. The van der Waals surface area contributed by atoms with Crippen molar-refractivity contribution in [2.45, 2.75) is 12.1 Å². The van der Waals surface area contributed by atoms with Crippen LogP contribution in [0.25, 0.3) is 10.9 Å². The number of carbonyl (C=O) groups is 1. The second kappa shape index (κ2) is 6.62. The third kappa shape index (κ3) is 3.12. The lowest BCUT2D eigenvalue weighted by molar-refractivity contribution is 0.101. The number of rotatable bonds is 6. The number of anilines is 1. The Balaban J connectivity index is 1.83. The van der Waals surface area contributed by atoms with Crippen LogP contribution < -0.4 is 5.32 Å². The predicted molar refractivity (Wildman–Crippen MR) is 89.5 cm³/mol. The van der Waals surface area contributed by atoms with Crippen molar-refractivity contribution in [3.63, 3.8) is 0 Å². The molecule has 3 rings (SSSR count). The van der Waals surface area contributed by atoms with E-state index in [0.29, 0.717) is 16.6 Å². The first-order chi connectivity index (χ1) is 10.8. The van der Waals surface area contributed by atoms with Crippen LogP contribution in [-0.2, 0) is 0 Å². The van der Waals surface area contributed by atoms with Crippen molar-refractivity contribution in [3.8, 4) is 0 Å². The van der Waals surface area contributed by atoms with Gasteiger partial charge >= 0.3 is 0 Å². The zero-order valence-electron chi connectivity index (χ0n) is 12.2. The van der Waals surface area contributed by atoms with Gasteiger partial charge in [0.15, 0.2) is 10.9 Å². The third-order valence-electron chi connectivity index (χ3n) is 3.16. The largest absolute Gasteiger partial charge is 0.370 e. The summed E-state index contributed by atoms with van der Waals surface area (Å²) >= 11 is 1.35. The van der Waals surface area contributed by atoms with E-state index < -0.39 is 0 Å². The molecule has 0 radical (unpaired) electrons. The third-order valence-corrected chi connectivity index (χ3v) is 4.00. The molecule has 3 aromatic rings. The summed E-state index contributed by atoms with van der Waals surface area (Å²) in [6, 6.07) is 11.4. The number of para-hydroxylation sites is 1. The van der Waals surface area contributed by atoms with Crippen LogP contribution in [0.1, 0.15) is 17.4 Å². The van der Waals surface area contributed by atoms with Crippen molar-refractivity contribution in [1.82, 2.24) is 15.0 Å². The molecule has 0 spiro atoms. The Morgan fingerprint density at radius 1 is 1.23 bits per heavy atom. The van der Waals surface area contributed by atoms with E-state index in [9.17, 15) is 4.79 Å². The molecule has 0 atom stereocenters.